The number of nitrogens with one attached hydrogen (secondary N) is 1. The van der Waals surface area contributed by atoms with Crippen LogP contribution in [0.25, 0.3) is 0 Å². The zero-order valence-corrected chi connectivity index (χ0v) is 10.1. The average molecular weight is 262 g/mol. The molecule has 1 unspecified atom stereocenters. The molecule has 2 rings (SSSR count). The van der Waals surface area contributed by atoms with Gasteiger partial charge in [-0.25, -0.2) is 8.42 Å². The molecule has 5 nitrogen and oxygen atoms in total. The number of halogens is 1. The predicted octanol–water partition coefficient (Wildman–Crippen LogP) is 0.656. The van der Waals surface area contributed by atoms with Gasteiger partial charge in [0, 0.05) is 6.54 Å². The molecule has 7 heteroatoms. The largest absolute Gasteiger partial charge is 0.315 e. The van der Waals surface area contributed by atoms with E-state index in [1.165, 1.54) is 12.1 Å². The molecule has 2 heterocycles. The zero-order valence-electron chi connectivity index (χ0n) is 8.56. The second-order valence-electron chi connectivity index (χ2n) is 3.71. The lowest BCUT2D eigenvalue weighted by Gasteiger charge is -2.21. The van der Waals surface area contributed by atoms with Crippen molar-refractivity contribution in [3.8, 4) is 0 Å². The van der Waals surface area contributed by atoms with Crippen LogP contribution in [0.1, 0.15) is 12.8 Å². The van der Waals surface area contributed by atoms with Crippen molar-refractivity contribution in [1.82, 2.24) is 15.5 Å². The van der Waals surface area contributed by atoms with E-state index in [2.05, 4.69) is 15.5 Å². The lowest BCUT2D eigenvalue weighted by atomic mass is 10.2. The average Bonchev–Trinajstić information content (AvgIpc) is 2.31. The van der Waals surface area contributed by atoms with Crippen LogP contribution in [0.3, 0.4) is 0 Å². The topological polar surface area (TPSA) is 72.0 Å². The number of hydrogen-bond acceptors (Lipinski definition) is 5. The molecule has 16 heavy (non-hydrogen) atoms. The second-order valence-corrected chi connectivity index (χ2v) is 6.27. The highest BCUT2D eigenvalue weighted by molar-refractivity contribution is 7.92. The van der Waals surface area contributed by atoms with Crippen molar-refractivity contribution in [2.24, 2.45) is 0 Å². The molecule has 0 aliphatic carbocycles. The van der Waals surface area contributed by atoms with Gasteiger partial charge in [-0.15, -0.1) is 10.2 Å². The lowest BCUT2D eigenvalue weighted by Crippen LogP contribution is -2.39. The number of sulfone groups is 1. The van der Waals surface area contributed by atoms with Gasteiger partial charge in [-0.05, 0) is 31.5 Å². The SMILES string of the molecule is O=S(=O)(c1ccc(Cl)nn1)C1CCCNC1. The molecule has 1 aliphatic rings. The molecule has 1 aliphatic heterocycles. The highest BCUT2D eigenvalue weighted by Gasteiger charge is 2.30. The van der Waals surface area contributed by atoms with Crippen LogP contribution in [0.15, 0.2) is 17.2 Å². The van der Waals surface area contributed by atoms with Crippen molar-refractivity contribution in [2.45, 2.75) is 23.1 Å². The van der Waals surface area contributed by atoms with Crippen LogP contribution in [0.2, 0.25) is 5.15 Å². The highest BCUT2D eigenvalue weighted by Crippen LogP contribution is 2.19. The first kappa shape index (κ1) is 11.8. The molecule has 1 aromatic rings. The molecular weight excluding hydrogens is 250 g/mol. The van der Waals surface area contributed by atoms with Gasteiger partial charge in [0.05, 0.1) is 5.25 Å². The molecule has 88 valence electrons. The van der Waals surface area contributed by atoms with Crippen molar-refractivity contribution in [3.05, 3.63) is 17.3 Å². The Morgan fingerprint density at radius 2 is 2.19 bits per heavy atom. The summed E-state index contributed by atoms with van der Waals surface area (Å²) in [4.78, 5) is 0. The van der Waals surface area contributed by atoms with E-state index in [0.717, 1.165) is 13.0 Å². The number of nitrogens with zero attached hydrogens (tertiary/aromatic N) is 2. The first-order valence-corrected chi connectivity index (χ1v) is 6.97. The molecule has 0 bridgehead atoms. The van der Waals surface area contributed by atoms with Crippen LogP contribution in [-0.2, 0) is 9.84 Å². The van der Waals surface area contributed by atoms with Gasteiger partial charge in [-0.2, -0.15) is 0 Å². The molecule has 1 N–H and O–H groups in total. The summed E-state index contributed by atoms with van der Waals surface area (Å²) in [5, 5.41) is 10.0. The third-order valence-electron chi connectivity index (χ3n) is 2.59. The van der Waals surface area contributed by atoms with Crippen LogP contribution in [0.4, 0.5) is 0 Å². The summed E-state index contributed by atoms with van der Waals surface area (Å²) >= 11 is 5.57. The maximum atomic E-state index is 12.1. The first-order valence-electron chi connectivity index (χ1n) is 5.04. The Bertz CT molecular complexity index is 454. The number of rotatable bonds is 2. The van der Waals surface area contributed by atoms with Crippen LogP contribution < -0.4 is 5.32 Å². The minimum atomic E-state index is -3.37. The van der Waals surface area contributed by atoms with Gasteiger partial charge in [0.15, 0.2) is 10.2 Å². The maximum Gasteiger partial charge on any atom is 0.201 e. The summed E-state index contributed by atoms with van der Waals surface area (Å²) in [5.74, 6) is 0. The summed E-state index contributed by atoms with van der Waals surface area (Å²) < 4.78 is 24.2. The Kier molecular flexibility index (Phi) is 3.41. The van der Waals surface area contributed by atoms with Crippen molar-refractivity contribution in [1.29, 1.82) is 0 Å². The van der Waals surface area contributed by atoms with Gasteiger partial charge >= 0.3 is 0 Å². The molecular formula is C9H12ClN3O2S. The summed E-state index contributed by atoms with van der Waals surface area (Å²) in [6.07, 6.45) is 1.53. The van der Waals surface area contributed by atoms with Gasteiger partial charge in [0.25, 0.3) is 0 Å². The summed E-state index contributed by atoms with van der Waals surface area (Å²) in [7, 11) is -3.37. The van der Waals surface area contributed by atoms with E-state index in [9.17, 15) is 8.42 Å². The van der Waals surface area contributed by atoms with E-state index in [4.69, 9.17) is 11.6 Å². The predicted molar refractivity (Wildman–Crippen MR) is 60.1 cm³/mol. The maximum absolute atomic E-state index is 12.1. The van der Waals surface area contributed by atoms with E-state index in [1.807, 2.05) is 0 Å². The Morgan fingerprint density at radius 3 is 2.75 bits per heavy atom. The van der Waals surface area contributed by atoms with Crippen molar-refractivity contribution >= 4 is 21.4 Å². The zero-order chi connectivity index (χ0) is 11.6. The fourth-order valence-electron chi connectivity index (χ4n) is 1.71. The third-order valence-corrected chi connectivity index (χ3v) is 4.87. The van der Waals surface area contributed by atoms with Gasteiger partial charge in [0.1, 0.15) is 0 Å². The summed E-state index contributed by atoms with van der Waals surface area (Å²) in [6.45, 7) is 1.35. The van der Waals surface area contributed by atoms with Gasteiger partial charge in [0.2, 0.25) is 9.84 Å². The smallest absolute Gasteiger partial charge is 0.201 e. The molecule has 1 aromatic heterocycles. The van der Waals surface area contributed by atoms with Crippen LogP contribution >= 0.6 is 11.6 Å². The fraction of sp³-hybridized carbons (Fsp3) is 0.556. The van der Waals surface area contributed by atoms with E-state index in [0.29, 0.717) is 13.0 Å². The van der Waals surface area contributed by atoms with Crippen LogP contribution in [0.5, 0.6) is 0 Å². The molecule has 0 amide bonds. The molecule has 1 fully saturated rings. The Balaban J connectivity index is 2.27. The normalized spacial score (nSPS) is 21.9. The minimum Gasteiger partial charge on any atom is -0.315 e. The summed E-state index contributed by atoms with van der Waals surface area (Å²) in [5.41, 5.74) is 0. The molecule has 0 spiro atoms. The lowest BCUT2D eigenvalue weighted by molar-refractivity contribution is 0.494. The Hall–Kier alpha value is -0.720. The number of piperidine rings is 1. The van der Waals surface area contributed by atoms with Crippen molar-refractivity contribution < 1.29 is 8.42 Å². The monoisotopic (exact) mass is 261 g/mol. The Labute approximate surface area is 99.1 Å². The van der Waals surface area contributed by atoms with Crippen LogP contribution in [-0.4, -0.2) is 37.0 Å². The Morgan fingerprint density at radius 1 is 1.38 bits per heavy atom. The summed E-state index contributed by atoms with van der Waals surface area (Å²) in [6, 6.07) is 2.84. The van der Waals surface area contributed by atoms with Gasteiger partial charge in [-0.1, -0.05) is 11.6 Å². The molecule has 0 radical (unpaired) electrons. The first-order chi connectivity index (χ1) is 7.60. The standard InChI is InChI=1S/C9H12ClN3O2S/c10-8-3-4-9(13-12-8)16(14,15)7-2-1-5-11-6-7/h3-4,7,11H,1-2,5-6H2. The third kappa shape index (κ3) is 2.34. The van der Waals surface area contributed by atoms with E-state index >= 15 is 0 Å². The molecule has 0 saturated carbocycles. The number of hydrogen-bond donors (Lipinski definition) is 1. The molecule has 1 saturated heterocycles. The van der Waals surface area contributed by atoms with E-state index in [1.54, 1.807) is 0 Å². The van der Waals surface area contributed by atoms with Gasteiger partial charge < -0.3 is 5.32 Å². The minimum absolute atomic E-state index is 0.00519. The molecule has 1 atom stereocenters. The second kappa shape index (κ2) is 4.65. The quantitative estimate of drug-likeness (QED) is 0.847. The van der Waals surface area contributed by atoms with Crippen molar-refractivity contribution in [3.63, 3.8) is 0 Å². The van der Waals surface area contributed by atoms with Crippen molar-refractivity contribution in [2.75, 3.05) is 13.1 Å². The van der Waals surface area contributed by atoms with Crippen LogP contribution in [0, 0.1) is 0 Å². The number of aromatic nitrogens is 2. The van der Waals surface area contributed by atoms with E-state index in [-0.39, 0.29) is 10.2 Å². The molecule has 0 aromatic carbocycles. The van der Waals surface area contributed by atoms with Gasteiger partial charge in [-0.3, -0.25) is 0 Å². The van der Waals surface area contributed by atoms with E-state index < -0.39 is 15.1 Å². The fourth-order valence-corrected chi connectivity index (χ4v) is 3.38. The highest BCUT2D eigenvalue weighted by atomic mass is 35.5.